The molecule has 0 bridgehead atoms. The van der Waals surface area contributed by atoms with Gasteiger partial charge in [-0.15, -0.1) is 0 Å². The summed E-state index contributed by atoms with van der Waals surface area (Å²) in [5, 5.41) is 10.3. The van der Waals surface area contributed by atoms with Crippen LogP contribution in [0.3, 0.4) is 0 Å². The van der Waals surface area contributed by atoms with E-state index in [1.165, 1.54) is 0 Å². The maximum Gasteiger partial charge on any atom is 0.323 e. The lowest BCUT2D eigenvalue weighted by atomic mass is 9.99. The van der Waals surface area contributed by atoms with E-state index < -0.39 is 0 Å². The molecule has 5 heteroatoms. The van der Waals surface area contributed by atoms with Crippen LogP contribution in [0.5, 0.6) is 5.75 Å². The van der Waals surface area contributed by atoms with E-state index in [0.717, 1.165) is 42.5 Å². The third-order valence-electron chi connectivity index (χ3n) is 4.62. The summed E-state index contributed by atoms with van der Waals surface area (Å²) in [5.41, 5.74) is 2.83. The lowest BCUT2D eigenvalue weighted by molar-refractivity contribution is -0.151. The Hall–Kier alpha value is -2.40. The molecule has 3 rings (SSSR count). The number of ether oxygens (including phenoxy) is 1. The van der Waals surface area contributed by atoms with Crippen LogP contribution in [-0.2, 0) is 16.1 Å². The molecule has 25 heavy (non-hydrogen) atoms. The number of benzene rings is 1. The van der Waals surface area contributed by atoms with Gasteiger partial charge in [0.2, 0.25) is 0 Å². The monoisotopic (exact) mass is 340 g/mol. The number of hydrogen-bond donors (Lipinski definition) is 1. The van der Waals surface area contributed by atoms with E-state index in [9.17, 15) is 9.90 Å². The number of aromatic nitrogens is 1. The van der Waals surface area contributed by atoms with Crippen molar-refractivity contribution in [2.24, 2.45) is 0 Å². The van der Waals surface area contributed by atoms with Crippen LogP contribution in [0, 0.1) is 0 Å². The average molecular weight is 340 g/mol. The molecular formula is C20H24N2O3. The summed E-state index contributed by atoms with van der Waals surface area (Å²) >= 11 is 0. The fourth-order valence-corrected chi connectivity index (χ4v) is 3.33. The largest absolute Gasteiger partial charge is 0.508 e. The Morgan fingerprint density at radius 3 is 2.96 bits per heavy atom. The lowest BCUT2D eigenvalue weighted by Gasteiger charge is -2.34. The Kier molecular flexibility index (Phi) is 5.66. The van der Waals surface area contributed by atoms with Crippen molar-refractivity contribution in [3.05, 3.63) is 48.3 Å². The van der Waals surface area contributed by atoms with E-state index in [2.05, 4.69) is 9.88 Å². The number of esters is 1. The molecule has 1 N–H and O–H groups in total. The normalized spacial score (nSPS) is 18.0. The van der Waals surface area contributed by atoms with Crippen LogP contribution in [0.1, 0.15) is 31.7 Å². The topological polar surface area (TPSA) is 62.7 Å². The standard InChI is InChI=1S/C20H24N2O3/c1-2-25-20(24)18-7-3-4-11-22(18)14-17-12-15(8-9-19(17)23)16-6-5-10-21-13-16/h5-6,8-10,12-13,18,23H,2-4,7,11,14H2,1H3/t18-/m1/s1. The Balaban J connectivity index is 1.82. The summed E-state index contributed by atoms with van der Waals surface area (Å²) in [6, 6.07) is 9.23. The Labute approximate surface area is 148 Å². The summed E-state index contributed by atoms with van der Waals surface area (Å²) in [7, 11) is 0. The number of carbonyl (C=O) groups excluding carboxylic acids is 1. The van der Waals surface area contributed by atoms with Crippen LogP contribution >= 0.6 is 0 Å². The van der Waals surface area contributed by atoms with Gasteiger partial charge in [0.05, 0.1) is 6.61 Å². The number of aromatic hydroxyl groups is 1. The first kappa shape index (κ1) is 17.4. The molecule has 1 aliphatic rings. The molecule has 5 nitrogen and oxygen atoms in total. The second kappa shape index (κ2) is 8.12. The van der Waals surface area contributed by atoms with Crippen molar-refractivity contribution in [2.45, 2.75) is 38.8 Å². The van der Waals surface area contributed by atoms with Crippen LogP contribution in [0.2, 0.25) is 0 Å². The predicted molar refractivity (Wildman–Crippen MR) is 96.0 cm³/mol. The predicted octanol–water partition coefficient (Wildman–Crippen LogP) is 3.37. The number of carbonyl (C=O) groups is 1. The van der Waals surface area contributed by atoms with E-state index in [1.54, 1.807) is 18.5 Å². The zero-order chi connectivity index (χ0) is 17.6. The highest BCUT2D eigenvalue weighted by Gasteiger charge is 2.30. The number of hydrogen-bond acceptors (Lipinski definition) is 5. The highest BCUT2D eigenvalue weighted by Crippen LogP contribution is 2.29. The van der Waals surface area contributed by atoms with Gasteiger partial charge in [-0.25, -0.2) is 0 Å². The third-order valence-corrected chi connectivity index (χ3v) is 4.62. The SMILES string of the molecule is CCOC(=O)[C@H]1CCCCN1Cc1cc(-c2cccnc2)ccc1O. The third kappa shape index (κ3) is 4.17. The summed E-state index contributed by atoms with van der Waals surface area (Å²) in [6.45, 7) is 3.59. The maximum absolute atomic E-state index is 12.2. The fourth-order valence-electron chi connectivity index (χ4n) is 3.33. The van der Waals surface area contributed by atoms with Crippen molar-refractivity contribution in [1.82, 2.24) is 9.88 Å². The van der Waals surface area contributed by atoms with E-state index in [4.69, 9.17) is 4.74 Å². The molecule has 1 aliphatic heterocycles. The number of phenolic OH excluding ortho intramolecular Hbond substituents is 1. The zero-order valence-corrected chi connectivity index (χ0v) is 14.5. The van der Waals surface area contributed by atoms with Crippen LogP contribution in [0.25, 0.3) is 11.1 Å². The molecule has 0 radical (unpaired) electrons. The smallest absolute Gasteiger partial charge is 0.323 e. The second-order valence-electron chi connectivity index (χ2n) is 6.32. The van der Waals surface area contributed by atoms with Crippen molar-refractivity contribution in [3.8, 4) is 16.9 Å². The summed E-state index contributed by atoms with van der Waals surface area (Å²) in [5.74, 6) is 0.0888. The number of pyridine rings is 1. The molecule has 2 aromatic rings. The highest BCUT2D eigenvalue weighted by molar-refractivity contribution is 5.76. The van der Waals surface area contributed by atoms with Crippen LogP contribution in [0.4, 0.5) is 0 Å². The first-order valence-corrected chi connectivity index (χ1v) is 8.82. The number of likely N-dealkylation sites (tertiary alicyclic amines) is 1. The molecule has 0 aliphatic carbocycles. The van der Waals surface area contributed by atoms with Gasteiger partial charge < -0.3 is 9.84 Å². The molecule has 0 spiro atoms. The van der Waals surface area contributed by atoms with Gasteiger partial charge in [-0.3, -0.25) is 14.7 Å². The molecule has 1 aromatic heterocycles. The van der Waals surface area contributed by atoms with E-state index in [0.29, 0.717) is 13.2 Å². The fraction of sp³-hybridized carbons (Fsp3) is 0.400. The zero-order valence-electron chi connectivity index (χ0n) is 14.5. The number of nitrogens with zero attached hydrogens (tertiary/aromatic N) is 2. The van der Waals surface area contributed by atoms with Crippen molar-refractivity contribution in [3.63, 3.8) is 0 Å². The molecule has 1 saturated heterocycles. The van der Waals surface area contributed by atoms with Gasteiger partial charge in [0, 0.05) is 30.1 Å². The van der Waals surface area contributed by atoms with Crippen molar-refractivity contribution in [1.29, 1.82) is 0 Å². The maximum atomic E-state index is 12.2. The summed E-state index contributed by atoms with van der Waals surface area (Å²) in [4.78, 5) is 18.5. The van der Waals surface area contributed by atoms with Crippen LogP contribution in [-0.4, -0.2) is 40.2 Å². The van der Waals surface area contributed by atoms with Gasteiger partial charge in [0.1, 0.15) is 11.8 Å². The minimum atomic E-state index is -0.227. The average Bonchev–Trinajstić information content (AvgIpc) is 2.65. The molecule has 1 atom stereocenters. The first-order valence-electron chi connectivity index (χ1n) is 8.82. The lowest BCUT2D eigenvalue weighted by Crippen LogP contribution is -2.44. The molecule has 132 valence electrons. The van der Waals surface area contributed by atoms with Gasteiger partial charge >= 0.3 is 5.97 Å². The van der Waals surface area contributed by atoms with Gasteiger partial charge in [0.15, 0.2) is 0 Å². The molecule has 2 heterocycles. The Bertz CT molecular complexity index is 718. The minimum Gasteiger partial charge on any atom is -0.508 e. The Morgan fingerprint density at radius 1 is 1.32 bits per heavy atom. The van der Waals surface area contributed by atoms with Crippen LogP contribution in [0.15, 0.2) is 42.7 Å². The summed E-state index contributed by atoms with van der Waals surface area (Å²) in [6.07, 6.45) is 6.43. The summed E-state index contributed by atoms with van der Waals surface area (Å²) < 4.78 is 5.22. The molecule has 0 unspecified atom stereocenters. The second-order valence-corrected chi connectivity index (χ2v) is 6.32. The van der Waals surface area contributed by atoms with Crippen molar-refractivity contribution >= 4 is 5.97 Å². The van der Waals surface area contributed by atoms with E-state index in [-0.39, 0.29) is 17.8 Å². The van der Waals surface area contributed by atoms with E-state index >= 15 is 0 Å². The first-order chi connectivity index (χ1) is 12.2. The van der Waals surface area contributed by atoms with Gasteiger partial charge in [-0.2, -0.15) is 0 Å². The molecular weight excluding hydrogens is 316 g/mol. The molecule has 1 aromatic carbocycles. The molecule has 0 saturated carbocycles. The van der Waals surface area contributed by atoms with Gasteiger partial charge in [-0.1, -0.05) is 18.6 Å². The Morgan fingerprint density at radius 2 is 2.20 bits per heavy atom. The number of rotatable bonds is 5. The molecule has 1 fully saturated rings. The highest BCUT2D eigenvalue weighted by atomic mass is 16.5. The van der Waals surface area contributed by atoms with Crippen LogP contribution < -0.4 is 0 Å². The van der Waals surface area contributed by atoms with Gasteiger partial charge in [0.25, 0.3) is 0 Å². The van der Waals surface area contributed by atoms with E-state index in [1.807, 2.05) is 31.2 Å². The quantitative estimate of drug-likeness (QED) is 0.846. The molecule has 0 amide bonds. The van der Waals surface area contributed by atoms with Gasteiger partial charge in [-0.05, 0) is 50.1 Å². The minimum absolute atomic E-state index is 0.162. The van der Waals surface area contributed by atoms with Crippen molar-refractivity contribution in [2.75, 3.05) is 13.2 Å². The number of phenols is 1. The van der Waals surface area contributed by atoms with Crippen molar-refractivity contribution < 1.29 is 14.6 Å². The number of piperidine rings is 1.